The van der Waals surface area contributed by atoms with Crippen molar-refractivity contribution in [3.8, 4) is 5.75 Å². The number of hydrogen-bond donors (Lipinski definition) is 2. The summed E-state index contributed by atoms with van der Waals surface area (Å²) in [5.74, 6) is -0.732. The summed E-state index contributed by atoms with van der Waals surface area (Å²) in [6, 6.07) is 8.35. The van der Waals surface area contributed by atoms with E-state index in [1.54, 1.807) is 24.3 Å². The zero-order valence-electron chi connectivity index (χ0n) is 18.0. The van der Waals surface area contributed by atoms with Crippen molar-refractivity contribution in [2.24, 2.45) is 0 Å². The second-order valence-corrected chi connectivity index (χ2v) is 9.63. The molecule has 0 fully saturated rings. The fourth-order valence-corrected chi connectivity index (χ4v) is 4.37. The summed E-state index contributed by atoms with van der Waals surface area (Å²) in [5, 5.41) is 15.8. The third-order valence-corrected chi connectivity index (χ3v) is 6.55. The van der Waals surface area contributed by atoms with Gasteiger partial charge < -0.3 is 14.6 Å². The highest BCUT2D eigenvalue weighted by Gasteiger charge is 2.26. The van der Waals surface area contributed by atoms with E-state index >= 15 is 0 Å². The average Bonchev–Trinajstić information content (AvgIpc) is 3.26. The number of ether oxygens (including phenoxy) is 1. The molecule has 1 aromatic heterocycles. The summed E-state index contributed by atoms with van der Waals surface area (Å²) in [6.45, 7) is 4.67. The summed E-state index contributed by atoms with van der Waals surface area (Å²) in [5.41, 5.74) is 0.697. The van der Waals surface area contributed by atoms with Crippen molar-refractivity contribution < 1.29 is 32.9 Å². The topological polar surface area (TPSA) is 146 Å². The number of nitrogens with zero attached hydrogens (tertiary/aromatic N) is 1. The maximum atomic E-state index is 12.8. The molecule has 0 spiro atoms. The van der Waals surface area contributed by atoms with Gasteiger partial charge in [-0.2, -0.15) is 0 Å². The van der Waals surface area contributed by atoms with Crippen LogP contribution in [0.5, 0.6) is 5.75 Å². The Morgan fingerprint density at radius 2 is 1.97 bits per heavy atom. The van der Waals surface area contributed by atoms with Crippen LogP contribution in [-0.4, -0.2) is 36.5 Å². The molecule has 0 saturated heterocycles. The summed E-state index contributed by atoms with van der Waals surface area (Å²) in [4.78, 5) is 34.4. The number of benzene rings is 1. The Hall–Kier alpha value is -3.05. The Labute approximate surface area is 194 Å². The lowest BCUT2D eigenvalue weighted by atomic mass is 10.1. The molecule has 2 rings (SSSR count). The lowest BCUT2D eigenvalue weighted by Gasteiger charge is -2.19. The Balaban J connectivity index is 2.01. The van der Waals surface area contributed by atoms with Gasteiger partial charge in [0, 0.05) is 24.3 Å². The Morgan fingerprint density at radius 1 is 1.27 bits per heavy atom. The fourth-order valence-electron chi connectivity index (χ4n) is 2.57. The lowest BCUT2D eigenvalue weighted by molar-refractivity contribution is -0.380. The molecule has 2 N–H and O–H groups in total. The molecule has 0 bridgehead atoms. The number of thiophene rings is 1. The van der Waals surface area contributed by atoms with Crippen molar-refractivity contribution in [1.29, 1.82) is 0 Å². The van der Waals surface area contributed by atoms with Gasteiger partial charge in [-0.25, -0.2) is 14.4 Å². The van der Waals surface area contributed by atoms with Gasteiger partial charge in [0.15, 0.2) is 0 Å². The zero-order valence-corrected chi connectivity index (χ0v) is 19.7. The van der Waals surface area contributed by atoms with E-state index in [9.17, 15) is 24.3 Å². The van der Waals surface area contributed by atoms with Crippen molar-refractivity contribution in [1.82, 2.24) is 10.4 Å². The number of rotatable bonds is 13. The van der Waals surface area contributed by atoms with Gasteiger partial charge in [0.25, 0.3) is 0 Å². The molecule has 0 aliphatic heterocycles. The van der Waals surface area contributed by atoms with Crippen LogP contribution >= 0.6 is 19.1 Å². The molecule has 1 heterocycles. The van der Waals surface area contributed by atoms with Gasteiger partial charge in [-0.15, -0.1) is 0 Å². The lowest BCUT2D eigenvalue weighted by Crippen LogP contribution is -2.42. The van der Waals surface area contributed by atoms with Crippen LogP contribution in [0, 0.1) is 10.1 Å². The van der Waals surface area contributed by atoms with Crippen LogP contribution in [0.3, 0.4) is 0 Å². The monoisotopic (exact) mass is 497 g/mol. The van der Waals surface area contributed by atoms with E-state index in [2.05, 4.69) is 17.0 Å². The van der Waals surface area contributed by atoms with Crippen LogP contribution in [0.1, 0.15) is 17.4 Å². The minimum atomic E-state index is -3.75. The third kappa shape index (κ3) is 8.43. The maximum absolute atomic E-state index is 12.8. The standard InChI is InChI=1S/C20H24N3O8PS/c1-4-11-29-20(25)18(22-14(2)24)12-15-5-7-16(8-6-15)31-32(28,21-3)30-13-17-9-10-19(33-17)23(26)27/h4-10,18H,1,11-13H2,2-3H3,(H,21,28)(H,22,24). The van der Waals surface area contributed by atoms with E-state index in [-0.39, 0.29) is 36.3 Å². The van der Waals surface area contributed by atoms with Crippen molar-refractivity contribution in [3.05, 3.63) is 69.6 Å². The Morgan fingerprint density at radius 3 is 2.52 bits per heavy atom. The molecule has 0 saturated carbocycles. The average molecular weight is 497 g/mol. The second-order valence-electron chi connectivity index (χ2n) is 6.60. The van der Waals surface area contributed by atoms with Crippen LogP contribution in [0.4, 0.5) is 5.00 Å². The first-order chi connectivity index (χ1) is 15.7. The van der Waals surface area contributed by atoms with Crippen LogP contribution in [0.15, 0.2) is 49.1 Å². The number of nitro groups is 1. The first-order valence-corrected chi connectivity index (χ1v) is 12.0. The molecule has 2 atom stereocenters. The number of esters is 1. The van der Waals surface area contributed by atoms with E-state index in [0.29, 0.717) is 10.4 Å². The van der Waals surface area contributed by atoms with Gasteiger partial charge in [0.2, 0.25) is 5.91 Å². The first kappa shape index (κ1) is 26.2. The molecule has 0 radical (unpaired) electrons. The van der Waals surface area contributed by atoms with E-state index in [1.807, 2.05) is 0 Å². The number of amides is 1. The van der Waals surface area contributed by atoms with Gasteiger partial charge in [-0.3, -0.25) is 19.4 Å². The van der Waals surface area contributed by atoms with Crippen LogP contribution in [-0.2, 0) is 36.4 Å². The summed E-state index contributed by atoms with van der Waals surface area (Å²) in [6.07, 6.45) is 1.60. The minimum Gasteiger partial charge on any atom is -0.460 e. The zero-order chi connectivity index (χ0) is 24.4. The molecule has 13 heteroatoms. The van der Waals surface area contributed by atoms with Crippen LogP contribution < -0.4 is 14.9 Å². The third-order valence-electron chi connectivity index (χ3n) is 4.07. The summed E-state index contributed by atoms with van der Waals surface area (Å²) >= 11 is 0.916. The quantitative estimate of drug-likeness (QED) is 0.140. The van der Waals surface area contributed by atoms with Crippen LogP contribution in [0.25, 0.3) is 0 Å². The molecule has 11 nitrogen and oxygen atoms in total. The molecule has 1 amide bonds. The molecule has 0 aliphatic carbocycles. The fraction of sp³-hybridized carbons (Fsp3) is 0.300. The van der Waals surface area contributed by atoms with Gasteiger partial charge in [0.1, 0.15) is 18.4 Å². The van der Waals surface area contributed by atoms with E-state index in [1.165, 1.54) is 32.2 Å². The van der Waals surface area contributed by atoms with Gasteiger partial charge in [-0.1, -0.05) is 36.1 Å². The number of nitrogens with one attached hydrogen (secondary N) is 2. The highest BCUT2D eigenvalue weighted by atomic mass is 32.1. The largest absolute Gasteiger partial charge is 0.460 e. The molecule has 2 aromatic rings. The molecule has 0 aliphatic rings. The number of hydrogen-bond acceptors (Lipinski definition) is 9. The highest BCUT2D eigenvalue weighted by molar-refractivity contribution is 7.52. The number of carbonyl (C=O) groups excluding carboxylic acids is 2. The van der Waals surface area contributed by atoms with Gasteiger partial charge in [0.05, 0.1) is 11.5 Å². The van der Waals surface area contributed by atoms with Gasteiger partial charge >= 0.3 is 18.7 Å². The van der Waals surface area contributed by atoms with E-state index in [4.69, 9.17) is 13.8 Å². The maximum Gasteiger partial charge on any atom is 0.458 e. The Bertz CT molecular complexity index is 1040. The molecule has 178 valence electrons. The van der Waals surface area contributed by atoms with Crippen molar-refractivity contribution in [2.75, 3.05) is 13.7 Å². The van der Waals surface area contributed by atoms with E-state index in [0.717, 1.165) is 11.3 Å². The minimum absolute atomic E-state index is 0.0276. The van der Waals surface area contributed by atoms with Crippen LogP contribution in [0.2, 0.25) is 0 Å². The van der Waals surface area contributed by atoms with E-state index < -0.39 is 24.7 Å². The van der Waals surface area contributed by atoms with Gasteiger partial charge in [-0.05, 0) is 30.8 Å². The number of carbonyl (C=O) groups is 2. The van der Waals surface area contributed by atoms with Crippen molar-refractivity contribution in [2.45, 2.75) is 26.0 Å². The summed E-state index contributed by atoms with van der Waals surface area (Å²) < 4.78 is 28.7. The molecule has 1 aromatic carbocycles. The molecule has 33 heavy (non-hydrogen) atoms. The SMILES string of the molecule is C=CCOC(=O)C(Cc1ccc(OP(=O)(NC)OCc2ccc([N+](=O)[O-])s2)cc1)NC(C)=O. The van der Waals surface area contributed by atoms with Crippen molar-refractivity contribution >= 4 is 36.0 Å². The smallest absolute Gasteiger partial charge is 0.458 e. The summed E-state index contributed by atoms with van der Waals surface area (Å²) in [7, 11) is -2.34. The molecular formula is C20H24N3O8PS. The Kier molecular flexibility index (Phi) is 9.74. The second kappa shape index (κ2) is 12.3. The molecule has 2 unspecified atom stereocenters. The normalized spacial score (nSPS) is 13.4. The predicted molar refractivity (Wildman–Crippen MR) is 122 cm³/mol. The highest BCUT2D eigenvalue weighted by Crippen LogP contribution is 2.45. The first-order valence-electron chi connectivity index (χ1n) is 9.65. The molecular weight excluding hydrogens is 473 g/mol. The van der Waals surface area contributed by atoms with Crippen molar-refractivity contribution in [3.63, 3.8) is 0 Å². The predicted octanol–water partition coefficient (Wildman–Crippen LogP) is 3.36.